The number of thiophene rings is 1. The van der Waals surface area contributed by atoms with Crippen LogP contribution in [0.1, 0.15) is 17.3 Å². The maximum atomic E-state index is 13.6. The van der Waals surface area contributed by atoms with Crippen LogP contribution in [0.4, 0.5) is 4.39 Å². The SMILES string of the molecule is CNC(Cc1ccsc1)c1ncccc1F. The molecule has 0 spiro atoms. The minimum atomic E-state index is -0.253. The zero-order valence-corrected chi connectivity index (χ0v) is 9.80. The van der Waals surface area contributed by atoms with Gasteiger partial charge in [-0.15, -0.1) is 0 Å². The number of nitrogens with zero attached hydrogens (tertiary/aromatic N) is 1. The normalized spacial score (nSPS) is 12.6. The van der Waals surface area contributed by atoms with E-state index in [4.69, 9.17) is 0 Å². The van der Waals surface area contributed by atoms with E-state index < -0.39 is 0 Å². The number of hydrogen-bond acceptors (Lipinski definition) is 3. The topological polar surface area (TPSA) is 24.9 Å². The third-order valence-corrected chi connectivity index (χ3v) is 3.22. The standard InChI is InChI=1S/C12H13FN2S/c1-14-11(7-9-4-6-16-8-9)12-10(13)3-2-5-15-12/h2-6,8,11,14H,7H2,1H3. The Morgan fingerprint density at radius 1 is 1.50 bits per heavy atom. The molecule has 0 aliphatic carbocycles. The summed E-state index contributed by atoms with van der Waals surface area (Å²) in [5.41, 5.74) is 1.69. The van der Waals surface area contributed by atoms with E-state index in [0.29, 0.717) is 5.69 Å². The van der Waals surface area contributed by atoms with Gasteiger partial charge in [0.1, 0.15) is 5.82 Å². The van der Waals surface area contributed by atoms with Crippen molar-refractivity contribution in [1.82, 2.24) is 10.3 Å². The summed E-state index contributed by atoms with van der Waals surface area (Å²) in [6.07, 6.45) is 2.38. The van der Waals surface area contributed by atoms with Gasteiger partial charge in [0.05, 0.1) is 11.7 Å². The first-order valence-corrected chi connectivity index (χ1v) is 6.04. The summed E-state index contributed by atoms with van der Waals surface area (Å²) in [6.45, 7) is 0. The van der Waals surface area contributed by atoms with E-state index in [-0.39, 0.29) is 11.9 Å². The molecule has 0 amide bonds. The van der Waals surface area contributed by atoms with E-state index in [0.717, 1.165) is 6.42 Å². The first-order valence-electron chi connectivity index (χ1n) is 5.10. The zero-order chi connectivity index (χ0) is 11.4. The van der Waals surface area contributed by atoms with Crippen molar-refractivity contribution in [2.45, 2.75) is 12.5 Å². The van der Waals surface area contributed by atoms with Crippen LogP contribution in [-0.2, 0) is 6.42 Å². The van der Waals surface area contributed by atoms with Gasteiger partial charge in [0, 0.05) is 6.20 Å². The quantitative estimate of drug-likeness (QED) is 0.883. The van der Waals surface area contributed by atoms with Crippen LogP contribution in [-0.4, -0.2) is 12.0 Å². The average molecular weight is 236 g/mol. The van der Waals surface area contributed by atoms with Crippen molar-refractivity contribution >= 4 is 11.3 Å². The van der Waals surface area contributed by atoms with Crippen molar-refractivity contribution < 1.29 is 4.39 Å². The molecule has 0 radical (unpaired) electrons. The third-order valence-electron chi connectivity index (χ3n) is 2.49. The van der Waals surface area contributed by atoms with E-state index in [1.165, 1.54) is 11.6 Å². The van der Waals surface area contributed by atoms with Crippen molar-refractivity contribution in [3.63, 3.8) is 0 Å². The highest BCUT2D eigenvalue weighted by Crippen LogP contribution is 2.19. The minimum Gasteiger partial charge on any atom is -0.311 e. The predicted molar refractivity (Wildman–Crippen MR) is 64.0 cm³/mol. The molecule has 0 fully saturated rings. The molecule has 0 aliphatic rings. The van der Waals surface area contributed by atoms with Gasteiger partial charge in [0.25, 0.3) is 0 Å². The Morgan fingerprint density at radius 3 is 3.00 bits per heavy atom. The Bertz CT molecular complexity index is 442. The summed E-state index contributed by atoms with van der Waals surface area (Å²) in [7, 11) is 1.82. The fourth-order valence-corrected chi connectivity index (χ4v) is 2.32. The molecule has 2 nitrogen and oxygen atoms in total. The van der Waals surface area contributed by atoms with Gasteiger partial charge in [0.2, 0.25) is 0 Å². The number of nitrogens with one attached hydrogen (secondary N) is 1. The average Bonchev–Trinajstić information content (AvgIpc) is 2.80. The molecule has 2 aromatic heterocycles. The second-order valence-electron chi connectivity index (χ2n) is 3.55. The third kappa shape index (κ3) is 2.46. The summed E-state index contributed by atoms with van der Waals surface area (Å²) in [4.78, 5) is 4.10. The van der Waals surface area contributed by atoms with E-state index in [1.807, 2.05) is 12.4 Å². The summed E-state index contributed by atoms with van der Waals surface area (Å²) >= 11 is 1.65. The van der Waals surface area contributed by atoms with Crippen LogP contribution in [0.25, 0.3) is 0 Å². The van der Waals surface area contributed by atoms with Gasteiger partial charge < -0.3 is 5.32 Å². The summed E-state index contributed by atoms with van der Waals surface area (Å²) in [5, 5.41) is 7.20. The Kier molecular flexibility index (Phi) is 3.64. The number of hydrogen-bond donors (Lipinski definition) is 1. The number of pyridine rings is 1. The molecule has 1 atom stereocenters. The summed E-state index contributed by atoms with van der Waals surface area (Å²) in [6, 6.07) is 5.03. The van der Waals surface area contributed by atoms with Gasteiger partial charge in [-0.2, -0.15) is 11.3 Å². The molecule has 0 aromatic carbocycles. The lowest BCUT2D eigenvalue weighted by molar-refractivity contribution is 0.517. The fraction of sp³-hybridized carbons (Fsp3) is 0.250. The van der Waals surface area contributed by atoms with Gasteiger partial charge in [-0.05, 0) is 48.0 Å². The summed E-state index contributed by atoms with van der Waals surface area (Å²) in [5.74, 6) is -0.253. The molecule has 84 valence electrons. The molecule has 2 heterocycles. The molecule has 0 saturated heterocycles. The molecular weight excluding hydrogens is 223 g/mol. The Morgan fingerprint density at radius 2 is 2.38 bits per heavy atom. The maximum absolute atomic E-state index is 13.6. The van der Waals surface area contributed by atoms with Crippen molar-refractivity contribution in [2.24, 2.45) is 0 Å². The monoisotopic (exact) mass is 236 g/mol. The second-order valence-corrected chi connectivity index (χ2v) is 4.33. The van der Waals surface area contributed by atoms with Crippen molar-refractivity contribution in [3.8, 4) is 0 Å². The largest absolute Gasteiger partial charge is 0.311 e. The smallest absolute Gasteiger partial charge is 0.146 e. The van der Waals surface area contributed by atoms with Crippen molar-refractivity contribution in [2.75, 3.05) is 7.05 Å². The van der Waals surface area contributed by atoms with Crippen LogP contribution in [0.15, 0.2) is 35.2 Å². The first-order chi connectivity index (χ1) is 7.81. The molecular formula is C12H13FN2S. The lowest BCUT2D eigenvalue weighted by Crippen LogP contribution is -2.21. The van der Waals surface area contributed by atoms with Gasteiger partial charge in [-0.1, -0.05) is 0 Å². The number of halogens is 1. The highest BCUT2D eigenvalue weighted by molar-refractivity contribution is 7.07. The Hall–Kier alpha value is -1.26. The maximum Gasteiger partial charge on any atom is 0.146 e. The van der Waals surface area contributed by atoms with Gasteiger partial charge in [-0.25, -0.2) is 4.39 Å². The molecule has 0 aliphatic heterocycles. The predicted octanol–water partition coefficient (Wildman–Crippen LogP) is 2.79. The zero-order valence-electron chi connectivity index (χ0n) is 8.98. The summed E-state index contributed by atoms with van der Waals surface area (Å²) < 4.78 is 13.6. The van der Waals surface area contributed by atoms with Crippen LogP contribution in [0, 0.1) is 5.82 Å². The van der Waals surface area contributed by atoms with Crippen LogP contribution >= 0.6 is 11.3 Å². The number of rotatable bonds is 4. The molecule has 2 aromatic rings. The second kappa shape index (κ2) is 5.18. The lowest BCUT2D eigenvalue weighted by Gasteiger charge is -2.15. The molecule has 1 unspecified atom stereocenters. The van der Waals surface area contributed by atoms with E-state index in [9.17, 15) is 4.39 Å². The van der Waals surface area contributed by atoms with Gasteiger partial charge in [-0.3, -0.25) is 4.98 Å². The number of aromatic nitrogens is 1. The van der Waals surface area contributed by atoms with Crippen molar-refractivity contribution in [1.29, 1.82) is 0 Å². The highest BCUT2D eigenvalue weighted by atomic mass is 32.1. The molecule has 4 heteroatoms. The van der Waals surface area contributed by atoms with E-state index in [1.54, 1.807) is 23.6 Å². The van der Waals surface area contributed by atoms with Crippen molar-refractivity contribution in [3.05, 3.63) is 52.2 Å². The number of likely N-dealkylation sites (N-methyl/N-ethyl adjacent to an activating group) is 1. The van der Waals surface area contributed by atoms with Crippen LogP contribution in [0.3, 0.4) is 0 Å². The van der Waals surface area contributed by atoms with E-state index >= 15 is 0 Å². The molecule has 16 heavy (non-hydrogen) atoms. The molecule has 1 N–H and O–H groups in total. The van der Waals surface area contributed by atoms with E-state index in [2.05, 4.69) is 21.7 Å². The van der Waals surface area contributed by atoms with Crippen LogP contribution in [0.5, 0.6) is 0 Å². The minimum absolute atomic E-state index is 0.0733. The highest BCUT2D eigenvalue weighted by Gasteiger charge is 2.15. The molecule has 0 bridgehead atoms. The Balaban J connectivity index is 2.20. The van der Waals surface area contributed by atoms with Crippen LogP contribution < -0.4 is 5.32 Å². The molecule has 2 rings (SSSR count). The lowest BCUT2D eigenvalue weighted by atomic mass is 10.1. The van der Waals surface area contributed by atoms with Crippen LogP contribution in [0.2, 0.25) is 0 Å². The van der Waals surface area contributed by atoms with Gasteiger partial charge >= 0.3 is 0 Å². The fourth-order valence-electron chi connectivity index (χ4n) is 1.63. The first kappa shape index (κ1) is 11.2. The Labute approximate surface area is 98.2 Å². The van der Waals surface area contributed by atoms with Gasteiger partial charge in [0.15, 0.2) is 0 Å². The molecule has 0 saturated carbocycles.